The number of phenols is 2. The van der Waals surface area contributed by atoms with Crippen LogP contribution in [-0.4, -0.2) is 53.7 Å². The summed E-state index contributed by atoms with van der Waals surface area (Å²) in [6.45, 7) is 6.67. The average Bonchev–Trinajstić information content (AvgIpc) is 2.96. The second-order valence-corrected chi connectivity index (χ2v) is 23.4. The first-order chi connectivity index (χ1) is 19.2. The summed E-state index contributed by atoms with van der Waals surface area (Å²) >= 11 is -2.99. The SMILES string of the molecule is CCC[CH2][Sn]([CH2]CCC)([CH2]CCC)[c]1cc(C=CC(=O)C=C(O)C=Cc2ccc(O)c(OC)c2)cc(OC)c1O. The fourth-order valence-corrected chi connectivity index (χ4v) is 21.4. The van der Waals surface area contributed by atoms with E-state index in [9.17, 15) is 20.1 Å². The van der Waals surface area contributed by atoms with Gasteiger partial charge in [-0.15, -0.1) is 0 Å². The summed E-state index contributed by atoms with van der Waals surface area (Å²) in [6, 6.07) is 8.65. The molecule has 0 aliphatic rings. The summed E-state index contributed by atoms with van der Waals surface area (Å²) in [5.41, 5.74) is 1.51. The second-order valence-electron chi connectivity index (χ2n) is 10.3. The molecule has 0 fully saturated rings. The van der Waals surface area contributed by atoms with Crippen LogP contribution in [0.4, 0.5) is 0 Å². The Morgan fingerprint density at radius 1 is 0.800 bits per heavy atom. The quantitative estimate of drug-likeness (QED) is 0.0693. The molecule has 0 aromatic heterocycles. The number of methoxy groups -OCH3 is 2. The van der Waals surface area contributed by atoms with Crippen LogP contribution in [0.15, 0.2) is 54.3 Å². The van der Waals surface area contributed by atoms with Gasteiger partial charge in [0, 0.05) is 0 Å². The van der Waals surface area contributed by atoms with Crippen molar-refractivity contribution in [3.8, 4) is 23.0 Å². The van der Waals surface area contributed by atoms with Crippen molar-refractivity contribution in [2.45, 2.75) is 72.6 Å². The number of aliphatic hydroxyl groups excluding tert-OH is 1. The van der Waals surface area contributed by atoms with Crippen molar-refractivity contribution in [3.63, 3.8) is 0 Å². The van der Waals surface area contributed by atoms with Crippen LogP contribution < -0.4 is 13.1 Å². The standard InChI is InChI=1S/C21H19O6.3C4H9.Sn/c1-26-20-11-14(5-9-18(20)24)3-7-16(22)13-17(23)8-4-15-6-10-19(25)21(12-15)27-2;3*1-3-4-2;/h3-9,11-13,22,24-25H,1-2H3;3*1,3-4H2,2H3;. The number of benzene rings is 2. The molecule has 6 nitrogen and oxygen atoms in total. The van der Waals surface area contributed by atoms with Crippen LogP contribution in [0.2, 0.25) is 13.3 Å². The zero-order valence-corrected chi connectivity index (χ0v) is 27.6. The van der Waals surface area contributed by atoms with Crippen molar-refractivity contribution < 1.29 is 29.6 Å². The number of ether oxygens (including phenoxy) is 2. The van der Waals surface area contributed by atoms with E-state index in [-0.39, 0.29) is 23.0 Å². The Kier molecular flexibility index (Phi) is 14.2. The summed E-state index contributed by atoms with van der Waals surface area (Å²) in [4.78, 5) is 12.6. The average molecular weight is 657 g/mol. The molecule has 0 unspecified atom stereocenters. The van der Waals surface area contributed by atoms with E-state index in [1.807, 2.05) is 0 Å². The maximum absolute atomic E-state index is 12.6. The molecule has 3 N–H and O–H groups in total. The number of allylic oxidation sites excluding steroid dienone is 3. The molecule has 0 aliphatic carbocycles. The zero-order chi connectivity index (χ0) is 29.5. The number of aliphatic hydroxyl groups is 1. The summed E-state index contributed by atoms with van der Waals surface area (Å²) in [5.74, 6) is 0.507. The van der Waals surface area contributed by atoms with E-state index in [0.29, 0.717) is 17.1 Å². The molecule has 0 atom stereocenters. The van der Waals surface area contributed by atoms with Gasteiger partial charge in [0.15, 0.2) is 11.5 Å². The van der Waals surface area contributed by atoms with Crippen molar-refractivity contribution in [2.24, 2.45) is 0 Å². The predicted octanol–water partition coefficient (Wildman–Crippen LogP) is 7.91. The van der Waals surface area contributed by atoms with Crippen molar-refractivity contribution in [1.29, 1.82) is 0 Å². The van der Waals surface area contributed by atoms with Gasteiger partial charge in [-0.1, -0.05) is 0 Å². The van der Waals surface area contributed by atoms with E-state index in [1.54, 1.807) is 37.5 Å². The molecule has 218 valence electrons. The molecule has 2 aromatic carbocycles. The van der Waals surface area contributed by atoms with Crippen LogP contribution in [0.25, 0.3) is 12.2 Å². The number of carbonyl (C=O) groups is 1. The van der Waals surface area contributed by atoms with Gasteiger partial charge in [0.1, 0.15) is 0 Å². The zero-order valence-electron chi connectivity index (χ0n) is 24.7. The number of hydrogen-bond donors (Lipinski definition) is 3. The van der Waals surface area contributed by atoms with Gasteiger partial charge in [-0.05, 0) is 6.07 Å². The van der Waals surface area contributed by atoms with Crippen molar-refractivity contribution in [2.75, 3.05) is 14.2 Å². The van der Waals surface area contributed by atoms with Gasteiger partial charge in [-0.3, -0.25) is 0 Å². The first-order valence-corrected chi connectivity index (χ1v) is 21.8. The van der Waals surface area contributed by atoms with Crippen LogP contribution in [-0.2, 0) is 4.79 Å². The number of unbranched alkanes of at least 4 members (excludes halogenated alkanes) is 3. The van der Waals surface area contributed by atoms with E-state index >= 15 is 0 Å². The van der Waals surface area contributed by atoms with Crippen molar-refractivity contribution >= 4 is 39.9 Å². The molecule has 0 heterocycles. The monoisotopic (exact) mass is 658 g/mol. The van der Waals surface area contributed by atoms with Crippen molar-refractivity contribution in [3.05, 3.63) is 65.4 Å². The molecule has 0 amide bonds. The number of rotatable bonds is 17. The molecule has 0 saturated carbocycles. The third-order valence-corrected chi connectivity index (χ3v) is 22.9. The van der Waals surface area contributed by atoms with E-state index in [1.165, 1.54) is 57.9 Å². The molecule has 0 spiro atoms. The Morgan fingerprint density at radius 2 is 1.35 bits per heavy atom. The first-order valence-electron chi connectivity index (χ1n) is 14.3. The van der Waals surface area contributed by atoms with Gasteiger partial charge in [0.25, 0.3) is 0 Å². The molecule has 0 bridgehead atoms. The third kappa shape index (κ3) is 9.65. The number of phenolic OH excluding ortho intramolecular Hbond substituents is 2. The molecule has 0 radical (unpaired) electrons. The van der Waals surface area contributed by atoms with Crippen LogP contribution in [0.3, 0.4) is 0 Å². The molecular weight excluding hydrogens is 611 g/mol. The molecule has 40 heavy (non-hydrogen) atoms. The summed E-state index contributed by atoms with van der Waals surface area (Å²) in [6.07, 6.45) is 14.2. The van der Waals surface area contributed by atoms with Crippen LogP contribution in [0, 0.1) is 0 Å². The van der Waals surface area contributed by atoms with Gasteiger partial charge < -0.3 is 9.84 Å². The van der Waals surface area contributed by atoms with Gasteiger partial charge in [0.2, 0.25) is 0 Å². The first kappa shape index (κ1) is 33.3. The van der Waals surface area contributed by atoms with Crippen LogP contribution in [0.5, 0.6) is 23.0 Å². The van der Waals surface area contributed by atoms with Gasteiger partial charge in [-0.25, -0.2) is 0 Å². The molecule has 2 rings (SSSR count). The molecule has 0 aliphatic heterocycles. The van der Waals surface area contributed by atoms with E-state index in [2.05, 4.69) is 26.8 Å². The fourth-order valence-electron chi connectivity index (χ4n) is 5.01. The van der Waals surface area contributed by atoms with E-state index in [4.69, 9.17) is 9.47 Å². The minimum atomic E-state index is -2.99. The van der Waals surface area contributed by atoms with Crippen LogP contribution >= 0.6 is 0 Å². The van der Waals surface area contributed by atoms with Gasteiger partial charge in [-0.2, -0.15) is 0 Å². The Labute approximate surface area is 243 Å². The number of carbonyl (C=O) groups excluding carboxylic acids is 1. The third-order valence-electron chi connectivity index (χ3n) is 7.30. The molecular formula is C33H46O6Sn. The fraction of sp³-hybridized carbons (Fsp3) is 0.424. The summed E-state index contributed by atoms with van der Waals surface area (Å²) < 4.78 is 15.4. The van der Waals surface area contributed by atoms with Crippen LogP contribution in [0.1, 0.15) is 70.4 Å². The number of ketones is 1. The van der Waals surface area contributed by atoms with E-state index < -0.39 is 18.4 Å². The van der Waals surface area contributed by atoms with Gasteiger partial charge >= 0.3 is 210 Å². The molecule has 0 saturated heterocycles. The molecule has 7 heteroatoms. The predicted molar refractivity (Wildman–Crippen MR) is 168 cm³/mol. The minimum absolute atomic E-state index is 0.0242. The normalized spacial score (nSPS) is 12.4. The summed E-state index contributed by atoms with van der Waals surface area (Å²) in [7, 11) is 3.03. The Hall–Kier alpha value is -2.87. The maximum atomic E-state index is 12.6. The second kappa shape index (κ2) is 17.1. The number of hydrogen-bond acceptors (Lipinski definition) is 6. The topological polar surface area (TPSA) is 96.2 Å². The molecule has 2 aromatic rings. The van der Waals surface area contributed by atoms with Gasteiger partial charge in [0.05, 0.1) is 7.11 Å². The Bertz CT molecular complexity index is 1180. The number of aromatic hydroxyl groups is 2. The Morgan fingerprint density at radius 3 is 1.90 bits per heavy atom. The summed E-state index contributed by atoms with van der Waals surface area (Å²) in [5, 5.41) is 31.3. The Balaban J connectivity index is 2.37. The van der Waals surface area contributed by atoms with Crippen molar-refractivity contribution in [1.82, 2.24) is 0 Å². The van der Waals surface area contributed by atoms with E-state index in [0.717, 1.165) is 34.5 Å².